The van der Waals surface area contributed by atoms with Gasteiger partial charge in [-0.3, -0.25) is 9.20 Å². The molecule has 0 bridgehead atoms. The first-order valence-corrected chi connectivity index (χ1v) is 5.96. The lowest BCUT2D eigenvalue weighted by molar-refractivity contribution is 0.0696. The van der Waals surface area contributed by atoms with Crippen molar-refractivity contribution in [3.05, 3.63) is 59.9 Å². The molecule has 1 aromatic carbocycles. The van der Waals surface area contributed by atoms with E-state index in [0.29, 0.717) is 23.3 Å². The third-order valence-corrected chi connectivity index (χ3v) is 3.06. The summed E-state index contributed by atoms with van der Waals surface area (Å²) in [5.41, 5.74) is 1.84. The van der Waals surface area contributed by atoms with Crippen LogP contribution in [0.2, 0.25) is 0 Å². The monoisotopic (exact) mass is 266 g/mol. The first kappa shape index (κ1) is 12.1. The molecular weight excluding hydrogens is 256 g/mol. The molecule has 0 atom stereocenters. The number of rotatable bonds is 3. The van der Waals surface area contributed by atoms with Crippen LogP contribution in [0.25, 0.3) is 16.9 Å². The van der Waals surface area contributed by atoms with Gasteiger partial charge in [0.15, 0.2) is 6.29 Å². The Bertz CT molecular complexity index is 807. The van der Waals surface area contributed by atoms with Gasteiger partial charge in [-0.25, -0.2) is 9.78 Å². The average Bonchev–Trinajstić information content (AvgIpc) is 2.86. The second kappa shape index (κ2) is 4.62. The van der Waals surface area contributed by atoms with E-state index in [1.807, 2.05) is 30.3 Å². The number of nitrogens with zero attached hydrogens (tertiary/aromatic N) is 2. The van der Waals surface area contributed by atoms with E-state index in [0.717, 1.165) is 5.56 Å². The Kier molecular flexibility index (Phi) is 2.80. The van der Waals surface area contributed by atoms with E-state index in [1.54, 1.807) is 10.5 Å². The lowest BCUT2D eigenvalue weighted by atomic mass is 10.2. The molecule has 0 saturated carbocycles. The normalized spacial score (nSPS) is 10.6. The summed E-state index contributed by atoms with van der Waals surface area (Å²) in [7, 11) is 0. The minimum atomic E-state index is -1.02. The summed E-state index contributed by atoms with van der Waals surface area (Å²) in [6, 6.07) is 12.4. The van der Waals surface area contributed by atoms with Gasteiger partial charge in [0.2, 0.25) is 0 Å². The number of imidazole rings is 1. The maximum absolute atomic E-state index is 11.1. The van der Waals surface area contributed by atoms with Gasteiger partial charge in [-0.1, -0.05) is 30.3 Å². The summed E-state index contributed by atoms with van der Waals surface area (Å²) in [6.07, 6.45) is 2.14. The van der Waals surface area contributed by atoms with E-state index in [1.165, 1.54) is 12.3 Å². The van der Waals surface area contributed by atoms with Crippen molar-refractivity contribution in [1.29, 1.82) is 0 Å². The van der Waals surface area contributed by atoms with Crippen LogP contribution in [0.4, 0.5) is 0 Å². The lowest BCUT2D eigenvalue weighted by Crippen LogP contribution is -1.99. The van der Waals surface area contributed by atoms with E-state index >= 15 is 0 Å². The molecule has 5 nitrogen and oxygen atoms in total. The minimum Gasteiger partial charge on any atom is -0.478 e. The van der Waals surface area contributed by atoms with E-state index in [-0.39, 0.29) is 5.56 Å². The van der Waals surface area contributed by atoms with Gasteiger partial charge in [0.05, 0.1) is 11.1 Å². The fraction of sp³-hybridized carbons (Fsp3) is 0. The van der Waals surface area contributed by atoms with Crippen molar-refractivity contribution in [2.24, 2.45) is 0 Å². The number of aromatic nitrogens is 2. The van der Waals surface area contributed by atoms with Gasteiger partial charge < -0.3 is 5.11 Å². The van der Waals surface area contributed by atoms with Crippen LogP contribution in [0.5, 0.6) is 0 Å². The maximum atomic E-state index is 11.1. The summed E-state index contributed by atoms with van der Waals surface area (Å²) in [5.74, 6) is -0.474. The molecular formula is C15H10N2O3. The van der Waals surface area contributed by atoms with Crippen molar-refractivity contribution < 1.29 is 14.7 Å². The third kappa shape index (κ3) is 1.85. The van der Waals surface area contributed by atoms with Crippen LogP contribution in [0.3, 0.4) is 0 Å². The predicted octanol–water partition coefficient (Wildman–Crippen LogP) is 2.51. The molecule has 5 heteroatoms. The molecule has 0 amide bonds. The number of carbonyl (C=O) groups is 2. The minimum absolute atomic E-state index is 0.143. The molecule has 0 spiro atoms. The Balaban J connectivity index is 2.33. The molecule has 20 heavy (non-hydrogen) atoms. The first-order valence-electron chi connectivity index (χ1n) is 5.96. The second-order valence-corrected chi connectivity index (χ2v) is 4.28. The zero-order chi connectivity index (χ0) is 14.1. The third-order valence-electron chi connectivity index (χ3n) is 3.06. The molecule has 0 aliphatic carbocycles. The SMILES string of the molecule is O=Cc1nc(-c2ccccc2)n2cc(C(=O)O)ccc12. The predicted molar refractivity (Wildman–Crippen MR) is 73.0 cm³/mol. The highest BCUT2D eigenvalue weighted by molar-refractivity contribution is 5.90. The molecule has 0 aliphatic rings. The Morgan fingerprint density at radius 3 is 2.55 bits per heavy atom. The molecule has 98 valence electrons. The van der Waals surface area contributed by atoms with E-state index < -0.39 is 5.97 Å². The summed E-state index contributed by atoms with van der Waals surface area (Å²) in [5, 5.41) is 9.07. The molecule has 0 saturated heterocycles. The molecule has 3 rings (SSSR count). The van der Waals surface area contributed by atoms with Crippen molar-refractivity contribution in [1.82, 2.24) is 9.38 Å². The number of aromatic carboxylic acids is 1. The fourth-order valence-corrected chi connectivity index (χ4v) is 2.11. The number of carboxylic acid groups (broad SMARTS) is 1. The highest BCUT2D eigenvalue weighted by Crippen LogP contribution is 2.22. The molecule has 0 aliphatic heterocycles. The van der Waals surface area contributed by atoms with E-state index in [9.17, 15) is 9.59 Å². The Morgan fingerprint density at radius 2 is 1.90 bits per heavy atom. The van der Waals surface area contributed by atoms with E-state index in [4.69, 9.17) is 5.11 Å². The summed E-state index contributed by atoms with van der Waals surface area (Å²) in [4.78, 5) is 26.4. The zero-order valence-electron chi connectivity index (χ0n) is 10.4. The van der Waals surface area contributed by atoms with Crippen molar-refractivity contribution in [2.45, 2.75) is 0 Å². The summed E-state index contributed by atoms with van der Waals surface area (Å²) in [6.45, 7) is 0. The van der Waals surface area contributed by atoms with E-state index in [2.05, 4.69) is 4.98 Å². The van der Waals surface area contributed by atoms with Crippen LogP contribution >= 0.6 is 0 Å². The number of fused-ring (bicyclic) bond motifs is 1. The second-order valence-electron chi connectivity index (χ2n) is 4.28. The van der Waals surface area contributed by atoms with Gasteiger partial charge in [0.25, 0.3) is 0 Å². The number of aldehydes is 1. The first-order chi connectivity index (χ1) is 9.70. The van der Waals surface area contributed by atoms with Crippen molar-refractivity contribution in [3.8, 4) is 11.4 Å². The Hall–Kier alpha value is -2.95. The van der Waals surface area contributed by atoms with Crippen LogP contribution in [-0.4, -0.2) is 26.7 Å². The Labute approximate surface area is 114 Å². The smallest absolute Gasteiger partial charge is 0.337 e. The van der Waals surface area contributed by atoms with Crippen molar-refractivity contribution in [2.75, 3.05) is 0 Å². The average molecular weight is 266 g/mol. The van der Waals surface area contributed by atoms with Gasteiger partial charge in [-0.2, -0.15) is 0 Å². The molecule has 1 N–H and O–H groups in total. The van der Waals surface area contributed by atoms with Crippen LogP contribution in [0.15, 0.2) is 48.7 Å². The summed E-state index contributed by atoms with van der Waals surface area (Å²) >= 11 is 0. The number of hydrogen-bond donors (Lipinski definition) is 1. The number of carbonyl (C=O) groups excluding carboxylic acids is 1. The van der Waals surface area contributed by atoms with Gasteiger partial charge in [-0.05, 0) is 12.1 Å². The van der Waals surface area contributed by atoms with Crippen LogP contribution in [0.1, 0.15) is 20.8 Å². The number of benzene rings is 1. The maximum Gasteiger partial charge on any atom is 0.337 e. The molecule has 0 radical (unpaired) electrons. The molecule has 0 unspecified atom stereocenters. The molecule has 3 aromatic rings. The van der Waals surface area contributed by atoms with Gasteiger partial charge in [-0.15, -0.1) is 0 Å². The van der Waals surface area contributed by atoms with Crippen molar-refractivity contribution >= 4 is 17.8 Å². The van der Waals surface area contributed by atoms with Gasteiger partial charge >= 0.3 is 5.97 Å². The Morgan fingerprint density at radius 1 is 1.15 bits per heavy atom. The van der Waals surface area contributed by atoms with Gasteiger partial charge in [0.1, 0.15) is 11.5 Å². The van der Waals surface area contributed by atoms with Crippen LogP contribution in [0, 0.1) is 0 Å². The largest absolute Gasteiger partial charge is 0.478 e. The highest BCUT2D eigenvalue weighted by atomic mass is 16.4. The van der Waals surface area contributed by atoms with Gasteiger partial charge in [0, 0.05) is 11.8 Å². The topological polar surface area (TPSA) is 71.7 Å². The van der Waals surface area contributed by atoms with Crippen LogP contribution in [-0.2, 0) is 0 Å². The van der Waals surface area contributed by atoms with Crippen molar-refractivity contribution in [3.63, 3.8) is 0 Å². The number of carboxylic acids is 1. The molecule has 2 heterocycles. The standard InChI is InChI=1S/C15H10N2O3/c18-9-12-13-7-6-11(15(19)20)8-17(13)14(16-12)10-4-2-1-3-5-10/h1-9H,(H,19,20). The molecule has 2 aromatic heterocycles. The number of hydrogen-bond acceptors (Lipinski definition) is 3. The summed E-state index contributed by atoms with van der Waals surface area (Å²) < 4.78 is 1.63. The van der Waals surface area contributed by atoms with Crippen LogP contribution < -0.4 is 0 Å². The highest BCUT2D eigenvalue weighted by Gasteiger charge is 2.14. The zero-order valence-corrected chi connectivity index (χ0v) is 10.4. The number of pyridine rings is 1. The lowest BCUT2D eigenvalue weighted by Gasteiger charge is -2.02. The quantitative estimate of drug-likeness (QED) is 0.739. The molecule has 0 fully saturated rings. The fourth-order valence-electron chi connectivity index (χ4n) is 2.11.